The molecule has 1 atom stereocenters. The van der Waals surface area contributed by atoms with E-state index in [1.165, 1.54) is 0 Å². The molecule has 2 rings (SSSR count). The van der Waals surface area contributed by atoms with E-state index in [2.05, 4.69) is 25.3 Å². The van der Waals surface area contributed by atoms with Crippen molar-refractivity contribution in [2.75, 3.05) is 0 Å². The Morgan fingerprint density at radius 2 is 2.20 bits per heavy atom. The van der Waals surface area contributed by atoms with E-state index in [0.29, 0.717) is 11.8 Å². The van der Waals surface area contributed by atoms with E-state index in [1.54, 1.807) is 37.0 Å². The number of nitrogens with one attached hydrogen (secondary N) is 1. The van der Waals surface area contributed by atoms with Crippen LogP contribution in [0.1, 0.15) is 0 Å². The van der Waals surface area contributed by atoms with Crippen LogP contribution in [0.2, 0.25) is 0 Å². The number of hydrogen-bond acceptors (Lipinski definition) is 5. The molecule has 2 heterocycles. The van der Waals surface area contributed by atoms with Gasteiger partial charge < -0.3 is 11.1 Å². The second-order valence-electron chi connectivity index (χ2n) is 2.81. The first-order chi connectivity index (χ1) is 7.36. The lowest BCUT2D eigenvalue weighted by atomic mass is 10.4. The smallest absolute Gasteiger partial charge is 0.251 e. The number of rotatable bonds is 2. The Kier molecular flexibility index (Phi) is 2.68. The first-order valence-electron chi connectivity index (χ1n) is 4.42. The van der Waals surface area contributed by atoms with Crippen molar-refractivity contribution in [2.45, 2.75) is 6.17 Å². The monoisotopic (exact) mass is 202 g/mol. The second kappa shape index (κ2) is 4.32. The molecule has 0 amide bonds. The highest BCUT2D eigenvalue weighted by Crippen LogP contribution is 2.01. The molecule has 0 bridgehead atoms. The largest absolute Gasteiger partial charge is 0.384 e. The summed E-state index contributed by atoms with van der Waals surface area (Å²) >= 11 is 0. The fourth-order valence-electron chi connectivity index (χ4n) is 1.06. The van der Waals surface area contributed by atoms with Gasteiger partial charge in [-0.1, -0.05) is 0 Å². The van der Waals surface area contributed by atoms with Crippen LogP contribution in [0.15, 0.2) is 40.7 Å². The van der Waals surface area contributed by atoms with Crippen LogP contribution in [0, 0.1) is 0 Å². The zero-order valence-corrected chi connectivity index (χ0v) is 7.91. The average molecular weight is 202 g/mol. The van der Waals surface area contributed by atoms with Gasteiger partial charge in [0.15, 0.2) is 6.17 Å². The third-order valence-electron chi connectivity index (χ3n) is 1.73. The molecule has 1 aliphatic rings. The van der Waals surface area contributed by atoms with Gasteiger partial charge in [0.25, 0.3) is 5.95 Å². The van der Waals surface area contributed by atoms with Crippen molar-refractivity contribution in [2.24, 2.45) is 15.7 Å². The zero-order valence-electron chi connectivity index (χ0n) is 7.91. The van der Waals surface area contributed by atoms with Crippen LogP contribution in [-0.4, -0.2) is 28.2 Å². The molecule has 0 aliphatic carbocycles. The number of aromatic nitrogens is 2. The molecule has 1 aromatic rings. The zero-order chi connectivity index (χ0) is 10.5. The first-order valence-corrected chi connectivity index (χ1v) is 4.42. The van der Waals surface area contributed by atoms with Gasteiger partial charge in [-0.25, -0.2) is 9.97 Å². The fraction of sp³-hybridized carbons (Fsp3) is 0.111. The minimum Gasteiger partial charge on any atom is -0.384 e. The van der Waals surface area contributed by atoms with Crippen molar-refractivity contribution < 1.29 is 0 Å². The highest BCUT2D eigenvalue weighted by Gasteiger charge is 2.10. The van der Waals surface area contributed by atoms with E-state index < -0.39 is 0 Å². The van der Waals surface area contributed by atoms with Crippen LogP contribution in [0.5, 0.6) is 0 Å². The van der Waals surface area contributed by atoms with Crippen molar-refractivity contribution in [1.29, 1.82) is 0 Å². The molecule has 3 N–H and O–H groups in total. The summed E-state index contributed by atoms with van der Waals surface area (Å²) in [5.41, 5.74) is 5.74. The summed E-state index contributed by atoms with van der Waals surface area (Å²) in [5, 5.41) is 2.95. The molecular formula is C9H10N6. The van der Waals surface area contributed by atoms with E-state index >= 15 is 0 Å². The van der Waals surface area contributed by atoms with Crippen molar-refractivity contribution in [3.8, 4) is 0 Å². The number of allylic oxidation sites excluding steroid dienone is 1. The summed E-state index contributed by atoms with van der Waals surface area (Å²) in [7, 11) is 0. The van der Waals surface area contributed by atoms with Crippen molar-refractivity contribution in [3.63, 3.8) is 0 Å². The van der Waals surface area contributed by atoms with Crippen molar-refractivity contribution >= 4 is 18.0 Å². The summed E-state index contributed by atoms with van der Waals surface area (Å²) < 4.78 is 0. The summed E-state index contributed by atoms with van der Waals surface area (Å²) in [5.74, 6) is 0.670. The number of aliphatic imine (C=N–C) groups is 2. The molecule has 0 spiro atoms. The van der Waals surface area contributed by atoms with Gasteiger partial charge >= 0.3 is 0 Å². The lowest BCUT2D eigenvalue weighted by Gasteiger charge is -2.13. The molecule has 6 heteroatoms. The van der Waals surface area contributed by atoms with Gasteiger partial charge in [0.1, 0.15) is 5.84 Å². The number of hydrogen-bond donors (Lipinski definition) is 2. The van der Waals surface area contributed by atoms with Gasteiger partial charge in [-0.15, -0.1) is 0 Å². The molecule has 0 radical (unpaired) electrons. The predicted molar refractivity (Wildman–Crippen MR) is 57.9 cm³/mol. The highest BCUT2D eigenvalue weighted by atomic mass is 15.1. The quantitative estimate of drug-likeness (QED) is 0.521. The van der Waals surface area contributed by atoms with Gasteiger partial charge in [-0.3, -0.25) is 4.99 Å². The predicted octanol–water partition coefficient (Wildman–Crippen LogP) is -0.0209. The van der Waals surface area contributed by atoms with E-state index in [-0.39, 0.29) is 6.17 Å². The molecule has 0 saturated carbocycles. The van der Waals surface area contributed by atoms with E-state index in [4.69, 9.17) is 5.73 Å². The highest BCUT2D eigenvalue weighted by molar-refractivity contribution is 5.89. The van der Waals surface area contributed by atoms with Crippen LogP contribution in [0.25, 0.3) is 0 Å². The molecule has 0 fully saturated rings. The van der Waals surface area contributed by atoms with Crippen molar-refractivity contribution in [1.82, 2.24) is 15.3 Å². The van der Waals surface area contributed by atoms with Gasteiger partial charge in [0.2, 0.25) is 0 Å². The Morgan fingerprint density at radius 3 is 2.87 bits per heavy atom. The minimum atomic E-state index is -0.334. The van der Waals surface area contributed by atoms with Crippen molar-refractivity contribution in [3.05, 3.63) is 30.7 Å². The van der Waals surface area contributed by atoms with E-state index in [0.717, 1.165) is 0 Å². The molecule has 15 heavy (non-hydrogen) atoms. The Morgan fingerprint density at radius 1 is 1.40 bits per heavy atom. The maximum absolute atomic E-state index is 5.74. The molecule has 1 unspecified atom stereocenters. The lowest BCUT2D eigenvalue weighted by molar-refractivity contribution is 0.762. The Balaban J connectivity index is 2.14. The van der Waals surface area contributed by atoms with Gasteiger partial charge in [-0.2, -0.15) is 4.99 Å². The van der Waals surface area contributed by atoms with Crippen LogP contribution in [-0.2, 0) is 0 Å². The van der Waals surface area contributed by atoms with Gasteiger partial charge in [0.05, 0.1) is 0 Å². The third-order valence-corrected chi connectivity index (χ3v) is 1.73. The van der Waals surface area contributed by atoms with Gasteiger partial charge in [-0.05, 0) is 12.1 Å². The van der Waals surface area contributed by atoms with E-state index in [9.17, 15) is 0 Å². The molecular weight excluding hydrogens is 192 g/mol. The first kappa shape index (κ1) is 9.32. The number of nitrogens with zero attached hydrogens (tertiary/aromatic N) is 4. The second-order valence-corrected chi connectivity index (χ2v) is 2.81. The molecule has 1 aliphatic heterocycles. The Labute approximate surface area is 86.7 Å². The molecule has 76 valence electrons. The van der Waals surface area contributed by atoms with Crippen LogP contribution < -0.4 is 11.1 Å². The maximum atomic E-state index is 5.74. The maximum Gasteiger partial charge on any atom is 0.251 e. The normalized spacial score (nSPS) is 20.0. The van der Waals surface area contributed by atoms with Gasteiger partial charge in [0, 0.05) is 24.8 Å². The molecule has 1 aromatic heterocycles. The standard InChI is InChI=1S/C9H10N6/c10-7(8-11-3-1-4-12-8)15-9-13-5-2-6-14-9/h1-6,8,11H,(H2,10,13,14,15). The molecule has 6 nitrogen and oxygen atoms in total. The van der Waals surface area contributed by atoms with E-state index in [1.807, 2.05) is 0 Å². The summed E-state index contributed by atoms with van der Waals surface area (Å²) in [6.07, 6.45) is 8.08. The summed E-state index contributed by atoms with van der Waals surface area (Å²) in [6, 6.07) is 1.72. The van der Waals surface area contributed by atoms with Crippen LogP contribution in [0.3, 0.4) is 0 Å². The number of nitrogens with two attached hydrogens (primary N) is 1. The average Bonchev–Trinajstić information content (AvgIpc) is 2.31. The Hall–Kier alpha value is -2.24. The Bertz CT molecular complexity index is 408. The molecule has 0 saturated heterocycles. The fourth-order valence-corrected chi connectivity index (χ4v) is 1.06. The summed E-state index contributed by atoms with van der Waals surface area (Å²) in [4.78, 5) is 16.0. The SMILES string of the molecule is NC(=Nc1ncccn1)C1N=CC=CN1. The van der Waals surface area contributed by atoms with Crippen LogP contribution >= 0.6 is 0 Å². The van der Waals surface area contributed by atoms with Crippen LogP contribution in [0.4, 0.5) is 5.95 Å². The summed E-state index contributed by atoms with van der Waals surface area (Å²) in [6.45, 7) is 0. The number of amidine groups is 1. The third kappa shape index (κ3) is 2.37. The molecule has 0 aromatic carbocycles. The lowest BCUT2D eigenvalue weighted by Crippen LogP contribution is -2.38. The minimum absolute atomic E-state index is 0.334. The topological polar surface area (TPSA) is 88.5 Å².